The predicted molar refractivity (Wildman–Crippen MR) is 87.6 cm³/mol. The smallest absolute Gasteiger partial charge is 0.337 e. The van der Waals surface area contributed by atoms with Gasteiger partial charge in [-0.2, -0.15) is 0 Å². The Balaban J connectivity index is 2.51. The molecule has 26 heavy (non-hydrogen) atoms. The van der Waals surface area contributed by atoms with Gasteiger partial charge in [-0.3, -0.25) is 0 Å². The highest BCUT2D eigenvalue weighted by molar-refractivity contribution is 6.32. The summed E-state index contributed by atoms with van der Waals surface area (Å²) in [5.41, 5.74) is 0.939. The summed E-state index contributed by atoms with van der Waals surface area (Å²) < 4.78 is 15.0. The first-order chi connectivity index (χ1) is 12.3. The molecule has 0 bridgehead atoms. The van der Waals surface area contributed by atoms with E-state index in [0.717, 1.165) is 0 Å². The Hall–Kier alpha value is -2.94. The topological polar surface area (TPSA) is 126 Å². The van der Waals surface area contributed by atoms with Crippen molar-refractivity contribution in [3.63, 3.8) is 0 Å². The van der Waals surface area contributed by atoms with E-state index in [0.29, 0.717) is 11.3 Å². The van der Waals surface area contributed by atoms with E-state index in [2.05, 4.69) is 10.6 Å². The Morgan fingerprint density at radius 3 is 2.58 bits per heavy atom. The van der Waals surface area contributed by atoms with Crippen molar-refractivity contribution in [2.45, 2.75) is 13.0 Å². The maximum absolute atomic E-state index is 12.1. The number of carbonyl (C=O) groups excluding carboxylic acids is 3. The number of rotatable bonds is 6. The van der Waals surface area contributed by atoms with Gasteiger partial charge in [0.1, 0.15) is 6.61 Å². The number of halogens is 1. The number of benzene rings is 1. The summed E-state index contributed by atoms with van der Waals surface area (Å²) in [5.74, 6) is -1.93. The van der Waals surface area contributed by atoms with Crippen LogP contribution in [0.25, 0.3) is 0 Å². The van der Waals surface area contributed by atoms with Crippen molar-refractivity contribution in [1.82, 2.24) is 10.6 Å². The number of ether oxygens (including phenoxy) is 3. The van der Waals surface area contributed by atoms with Gasteiger partial charge in [-0.1, -0.05) is 11.6 Å². The number of aliphatic carboxylic acids is 1. The molecule has 0 aliphatic carbocycles. The Kier molecular flexibility index (Phi) is 5.93. The minimum atomic E-state index is -1.43. The van der Waals surface area contributed by atoms with E-state index < -0.39 is 30.6 Å². The predicted octanol–water partition coefficient (Wildman–Crippen LogP) is 0.278. The zero-order chi connectivity index (χ0) is 19.4. The molecular formula is C16H16ClN2O7-. The number of nitrogens with one attached hydrogen (secondary N) is 2. The molecule has 0 radical (unpaired) electrons. The Bertz CT molecular complexity index is 791. The summed E-state index contributed by atoms with van der Waals surface area (Å²) in [7, 11) is 2.56. The van der Waals surface area contributed by atoms with Crippen molar-refractivity contribution in [2.75, 3.05) is 20.8 Å². The summed E-state index contributed by atoms with van der Waals surface area (Å²) >= 11 is 6.17. The quantitative estimate of drug-likeness (QED) is 0.675. The molecule has 1 aromatic rings. The summed E-state index contributed by atoms with van der Waals surface area (Å²) in [6.07, 6.45) is 0. The lowest BCUT2D eigenvalue weighted by Crippen LogP contribution is -2.45. The van der Waals surface area contributed by atoms with Crippen LogP contribution < -0.4 is 25.2 Å². The first-order valence-electron chi connectivity index (χ1n) is 7.35. The fourth-order valence-corrected chi connectivity index (χ4v) is 2.78. The number of allylic oxidation sites excluding steroid dienone is 1. The van der Waals surface area contributed by atoms with E-state index in [9.17, 15) is 19.5 Å². The molecule has 2 N–H and O–H groups in total. The van der Waals surface area contributed by atoms with Crippen molar-refractivity contribution in [2.24, 2.45) is 0 Å². The summed E-state index contributed by atoms with van der Waals surface area (Å²) in [5, 5.41) is 15.7. The van der Waals surface area contributed by atoms with Gasteiger partial charge in [-0.05, 0) is 24.6 Å². The van der Waals surface area contributed by atoms with Crippen LogP contribution >= 0.6 is 11.6 Å². The van der Waals surface area contributed by atoms with Crippen LogP contribution in [0.15, 0.2) is 23.4 Å². The molecule has 1 aromatic carbocycles. The Morgan fingerprint density at radius 2 is 2.00 bits per heavy atom. The van der Waals surface area contributed by atoms with E-state index in [-0.39, 0.29) is 22.1 Å². The number of carboxylic acid groups (broad SMARTS) is 1. The van der Waals surface area contributed by atoms with E-state index in [1.165, 1.54) is 26.4 Å². The Morgan fingerprint density at radius 1 is 1.31 bits per heavy atom. The Labute approximate surface area is 153 Å². The van der Waals surface area contributed by atoms with Crippen LogP contribution in [0.3, 0.4) is 0 Å². The highest BCUT2D eigenvalue weighted by Gasteiger charge is 2.33. The number of carbonyl (C=O) groups is 3. The van der Waals surface area contributed by atoms with Crippen molar-refractivity contribution < 1.29 is 33.7 Å². The lowest BCUT2D eigenvalue weighted by Gasteiger charge is -2.28. The largest absolute Gasteiger partial charge is 0.546 e. The number of carboxylic acids is 1. The first kappa shape index (κ1) is 19.4. The molecule has 0 spiro atoms. The van der Waals surface area contributed by atoms with Gasteiger partial charge in [0.2, 0.25) is 0 Å². The molecule has 2 rings (SSSR count). The van der Waals surface area contributed by atoms with Gasteiger partial charge in [0.15, 0.2) is 11.5 Å². The van der Waals surface area contributed by atoms with Crippen LogP contribution in [0.1, 0.15) is 18.5 Å². The molecule has 0 unspecified atom stereocenters. The van der Waals surface area contributed by atoms with Crippen LogP contribution in [0.2, 0.25) is 5.02 Å². The molecule has 0 saturated heterocycles. The molecule has 140 valence electrons. The van der Waals surface area contributed by atoms with E-state index in [1.807, 2.05) is 0 Å². The van der Waals surface area contributed by atoms with Crippen molar-refractivity contribution >= 4 is 29.6 Å². The number of hydrogen-bond acceptors (Lipinski definition) is 7. The molecule has 2 amide bonds. The molecule has 9 nitrogen and oxygen atoms in total. The van der Waals surface area contributed by atoms with Crippen LogP contribution in [0.5, 0.6) is 11.5 Å². The standard InChI is InChI=1S/C16H17ClN2O7/c1-7-12(15(22)25-3)13(19-16(23)18-7)8-4-9(17)14(10(5-8)24-2)26-6-11(20)21/h4-5,13H,6H2,1-3H3,(H,20,21)(H2,18,19,23)/p-1/t13-/m0/s1. The third-order valence-corrected chi connectivity index (χ3v) is 3.87. The number of hydrogen-bond donors (Lipinski definition) is 2. The van der Waals surface area contributed by atoms with Gasteiger partial charge in [0, 0.05) is 5.70 Å². The van der Waals surface area contributed by atoms with Gasteiger partial charge in [-0.15, -0.1) is 0 Å². The van der Waals surface area contributed by atoms with Crippen LogP contribution in [-0.4, -0.2) is 38.8 Å². The van der Waals surface area contributed by atoms with Gasteiger partial charge >= 0.3 is 12.0 Å². The highest BCUT2D eigenvalue weighted by atomic mass is 35.5. The molecule has 1 heterocycles. The molecule has 0 aromatic heterocycles. The second-order valence-corrected chi connectivity index (χ2v) is 5.66. The third kappa shape index (κ3) is 3.99. The maximum Gasteiger partial charge on any atom is 0.337 e. The number of urea groups is 1. The first-order valence-corrected chi connectivity index (χ1v) is 7.73. The van der Waals surface area contributed by atoms with Crippen LogP contribution in [-0.2, 0) is 14.3 Å². The summed E-state index contributed by atoms with van der Waals surface area (Å²) in [6, 6.07) is 1.55. The molecule has 10 heteroatoms. The zero-order valence-electron chi connectivity index (χ0n) is 14.2. The van der Waals surface area contributed by atoms with Crippen molar-refractivity contribution in [3.05, 3.63) is 34.0 Å². The van der Waals surface area contributed by atoms with Gasteiger partial charge < -0.3 is 34.7 Å². The van der Waals surface area contributed by atoms with Crippen LogP contribution in [0.4, 0.5) is 4.79 Å². The lowest BCUT2D eigenvalue weighted by molar-refractivity contribution is -0.307. The summed E-state index contributed by atoms with van der Waals surface area (Å²) in [4.78, 5) is 34.5. The minimum absolute atomic E-state index is 0.00250. The fourth-order valence-electron chi connectivity index (χ4n) is 2.50. The SMILES string of the molecule is COC(=O)C1=C(C)NC(=O)N[C@H]1c1cc(Cl)c(OCC(=O)[O-])c(OC)c1. The molecule has 1 atom stereocenters. The van der Waals surface area contributed by atoms with E-state index >= 15 is 0 Å². The van der Waals surface area contributed by atoms with Gasteiger partial charge in [-0.25, -0.2) is 9.59 Å². The molecule has 1 aliphatic rings. The monoisotopic (exact) mass is 383 g/mol. The third-order valence-electron chi connectivity index (χ3n) is 3.59. The van der Waals surface area contributed by atoms with Crippen molar-refractivity contribution in [1.29, 1.82) is 0 Å². The minimum Gasteiger partial charge on any atom is -0.546 e. The number of methoxy groups -OCH3 is 2. The second kappa shape index (κ2) is 7.96. The molecule has 0 saturated carbocycles. The van der Waals surface area contributed by atoms with Crippen molar-refractivity contribution in [3.8, 4) is 11.5 Å². The molecule has 0 fully saturated rings. The van der Waals surface area contributed by atoms with Gasteiger partial charge in [0.05, 0.1) is 36.8 Å². The number of esters is 1. The fraction of sp³-hybridized carbons (Fsp3) is 0.312. The molecule has 1 aliphatic heterocycles. The normalized spacial score (nSPS) is 16.5. The maximum atomic E-state index is 12.1. The van der Waals surface area contributed by atoms with Gasteiger partial charge in [0.25, 0.3) is 0 Å². The van der Waals surface area contributed by atoms with E-state index in [4.69, 9.17) is 25.8 Å². The molecular weight excluding hydrogens is 368 g/mol. The number of amides is 2. The lowest BCUT2D eigenvalue weighted by atomic mass is 9.95. The summed E-state index contributed by atoms with van der Waals surface area (Å²) in [6.45, 7) is 0.847. The average Bonchev–Trinajstić information content (AvgIpc) is 2.58. The van der Waals surface area contributed by atoms with E-state index in [1.54, 1.807) is 6.92 Å². The second-order valence-electron chi connectivity index (χ2n) is 5.26. The highest BCUT2D eigenvalue weighted by Crippen LogP contribution is 2.40. The average molecular weight is 384 g/mol. The zero-order valence-corrected chi connectivity index (χ0v) is 14.9. The van der Waals surface area contributed by atoms with Crippen LogP contribution in [0, 0.1) is 0 Å².